The van der Waals surface area contributed by atoms with E-state index < -0.39 is 0 Å². The van der Waals surface area contributed by atoms with Crippen LogP contribution in [0.4, 0.5) is 0 Å². The number of carbonyl (C=O) groups is 1. The summed E-state index contributed by atoms with van der Waals surface area (Å²) in [5, 5.41) is 1.93. The number of hydrogen-bond donors (Lipinski definition) is 0. The first-order chi connectivity index (χ1) is 14.2. The molecule has 0 N–H and O–H groups in total. The van der Waals surface area contributed by atoms with Crippen LogP contribution in [0.2, 0.25) is 0 Å². The number of nitrogens with zero attached hydrogens (tertiary/aromatic N) is 2. The Hall–Kier alpha value is -2.88. The Balaban J connectivity index is 0.000000468. The molecule has 1 unspecified atom stereocenters. The number of ether oxygens (including phenoxy) is 1. The average molecular weight is 442 g/mol. The average Bonchev–Trinajstić information content (AvgIpc) is 3.52. The van der Waals surface area contributed by atoms with Gasteiger partial charge in [-0.15, -0.1) is 5.70 Å². The molecule has 0 spiro atoms. The molecule has 2 aromatic carbocycles. The van der Waals surface area contributed by atoms with Gasteiger partial charge in [-0.3, -0.25) is 0 Å². The molecule has 1 aliphatic heterocycles. The Morgan fingerprint density at radius 2 is 1.83 bits per heavy atom. The molecule has 30 heavy (non-hydrogen) atoms. The Kier molecular flexibility index (Phi) is 9.33. The third-order valence-corrected chi connectivity index (χ3v) is 4.62. The quantitative estimate of drug-likeness (QED) is 0.254. The molecule has 0 saturated carbocycles. The standard InChI is InChI=1S/C20H21N2O2.C5H5.Fe/c1-3-24-20(23)13-15(2)22-19(17-11-5-4-6-12-17)14-18(21-22)16-9-7-8-10-16;1-2-4-5-3-1;/h4-13,19H,3,14H2,1-2H3;1-5H;/q2*-1;+2/b15-13+;;. The van der Waals surface area contributed by atoms with Crippen molar-refractivity contribution < 1.29 is 26.6 Å². The molecule has 4 rings (SSSR count). The minimum Gasteiger partial charge on any atom is -0.597 e. The van der Waals surface area contributed by atoms with Gasteiger partial charge in [0.2, 0.25) is 0 Å². The molecule has 156 valence electrons. The minimum atomic E-state index is -0.334. The fourth-order valence-electron chi connectivity index (χ4n) is 3.25. The van der Waals surface area contributed by atoms with Crippen LogP contribution in [0.1, 0.15) is 31.9 Å². The van der Waals surface area contributed by atoms with E-state index in [1.165, 1.54) is 11.6 Å². The fraction of sp³-hybridized carbons (Fsp3) is 0.200. The van der Waals surface area contributed by atoms with Crippen LogP contribution in [0.3, 0.4) is 0 Å². The predicted octanol–water partition coefficient (Wildman–Crippen LogP) is 5.97. The predicted molar refractivity (Wildman–Crippen MR) is 117 cm³/mol. The van der Waals surface area contributed by atoms with Crippen LogP contribution in [0, 0.1) is 0 Å². The van der Waals surface area contributed by atoms with Crippen molar-refractivity contribution in [3.63, 3.8) is 0 Å². The van der Waals surface area contributed by atoms with Crippen molar-refractivity contribution in [2.45, 2.75) is 26.3 Å². The van der Waals surface area contributed by atoms with Gasteiger partial charge in [0.1, 0.15) is 0 Å². The molecule has 0 radical (unpaired) electrons. The van der Waals surface area contributed by atoms with Gasteiger partial charge in [-0.2, -0.15) is 18.2 Å². The van der Waals surface area contributed by atoms with Gasteiger partial charge in [-0.1, -0.05) is 54.6 Å². The van der Waals surface area contributed by atoms with Crippen LogP contribution in [0.25, 0.3) is 5.43 Å². The summed E-state index contributed by atoms with van der Waals surface area (Å²) in [4.78, 5) is 11.8. The van der Waals surface area contributed by atoms with Gasteiger partial charge in [-0.05, 0) is 31.4 Å². The maximum atomic E-state index is 11.8. The van der Waals surface area contributed by atoms with E-state index in [1.54, 1.807) is 6.92 Å². The molecule has 1 atom stereocenters. The summed E-state index contributed by atoms with van der Waals surface area (Å²) < 4.78 is 5.02. The van der Waals surface area contributed by atoms with Crippen molar-refractivity contribution in [3.05, 3.63) is 119 Å². The van der Waals surface area contributed by atoms with Crippen molar-refractivity contribution >= 4 is 5.97 Å². The van der Waals surface area contributed by atoms with Crippen LogP contribution < -0.4 is 0 Å². The van der Waals surface area contributed by atoms with Crippen LogP contribution in [-0.4, -0.2) is 17.6 Å². The number of benzene rings is 1. The number of allylic oxidation sites excluding steroid dienone is 6. The van der Waals surface area contributed by atoms with E-state index in [9.17, 15) is 4.79 Å². The molecule has 1 aliphatic carbocycles. The molecule has 1 heterocycles. The first kappa shape index (κ1) is 23.4. The zero-order valence-corrected chi connectivity index (χ0v) is 18.3. The molecular formula is C25H26FeN2O2. The second kappa shape index (κ2) is 12.0. The van der Waals surface area contributed by atoms with E-state index in [0.29, 0.717) is 6.61 Å². The van der Waals surface area contributed by atoms with E-state index >= 15 is 0 Å². The zero-order valence-electron chi connectivity index (χ0n) is 17.2. The van der Waals surface area contributed by atoms with Crippen molar-refractivity contribution in [1.82, 2.24) is 5.01 Å². The summed E-state index contributed by atoms with van der Waals surface area (Å²) in [5.41, 5.74) is 8.90. The summed E-state index contributed by atoms with van der Waals surface area (Å²) >= 11 is 0. The van der Waals surface area contributed by atoms with Gasteiger partial charge in [0.05, 0.1) is 6.61 Å². The van der Waals surface area contributed by atoms with Crippen LogP contribution >= 0.6 is 0 Å². The molecule has 2 aromatic rings. The monoisotopic (exact) mass is 442 g/mol. The molecule has 1 saturated heterocycles. The minimum absolute atomic E-state index is 0. The van der Waals surface area contributed by atoms with Gasteiger partial charge in [-0.25, -0.2) is 16.9 Å². The van der Waals surface area contributed by atoms with Crippen molar-refractivity contribution in [1.29, 1.82) is 0 Å². The van der Waals surface area contributed by atoms with Gasteiger partial charge in [0.25, 0.3) is 0 Å². The summed E-state index contributed by atoms with van der Waals surface area (Å²) in [6, 6.07) is 20.3. The molecule has 0 amide bonds. The van der Waals surface area contributed by atoms with Crippen molar-refractivity contribution in [2.24, 2.45) is 0 Å². The van der Waals surface area contributed by atoms with Gasteiger partial charge in [0.15, 0.2) is 0 Å². The van der Waals surface area contributed by atoms with Gasteiger partial charge in [0, 0.05) is 17.8 Å². The topological polar surface area (TPSA) is 43.6 Å². The van der Waals surface area contributed by atoms with Gasteiger partial charge < -0.3 is 15.2 Å². The third kappa shape index (κ3) is 6.31. The SMILES string of the molecule is CCOC(=O)/C=C(\C)N1[N-]C(=C2C=CC=C2)CC1c1ccccc1.[Fe+2].c1cc[cH-]c1. The molecule has 2 aliphatic rings. The molecule has 5 heteroatoms. The Morgan fingerprint density at radius 1 is 1.17 bits per heavy atom. The summed E-state index contributed by atoms with van der Waals surface area (Å²) in [6.45, 7) is 4.06. The first-order valence-electron chi connectivity index (χ1n) is 9.84. The maximum absolute atomic E-state index is 11.8. The second-order valence-corrected chi connectivity index (χ2v) is 6.70. The first-order valence-corrected chi connectivity index (χ1v) is 9.84. The van der Waals surface area contributed by atoms with E-state index in [-0.39, 0.29) is 29.1 Å². The van der Waals surface area contributed by atoms with Crippen LogP contribution in [-0.2, 0) is 26.6 Å². The van der Waals surface area contributed by atoms with E-state index in [2.05, 4.69) is 24.3 Å². The molecule has 1 fully saturated rings. The third-order valence-electron chi connectivity index (χ3n) is 4.62. The van der Waals surface area contributed by atoms with Crippen LogP contribution in [0.5, 0.6) is 0 Å². The van der Waals surface area contributed by atoms with Crippen molar-refractivity contribution in [3.8, 4) is 0 Å². The number of rotatable bonds is 4. The molecule has 0 aromatic heterocycles. The summed E-state index contributed by atoms with van der Waals surface area (Å²) in [7, 11) is 0. The van der Waals surface area contributed by atoms with E-state index in [4.69, 9.17) is 10.2 Å². The molecule has 4 nitrogen and oxygen atoms in total. The number of carbonyl (C=O) groups excluding carboxylic acids is 1. The Labute approximate surface area is 189 Å². The smallest absolute Gasteiger partial charge is 0.597 e. The molecular weight excluding hydrogens is 416 g/mol. The number of hydrogen-bond acceptors (Lipinski definition) is 3. The van der Waals surface area contributed by atoms with Crippen LogP contribution in [0.15, 0.2) is 108 Å². The zero-order chi connectivity index (χ0) is 20.5. The normalized spacial score (nSPS) is 17.2. The largest absolute Gasteiger partial charge is 2.00 e. The van der Waals surface area contributed by atoms with E-state index in [1.807, 2.05) is 72.6 Å². The van der Waals surface area contributed by atoms with Crippen molar-refractivity contribution in [2.75, 3.05) is 6.61 Å². The fourth-order valence-corrected chi connectivity index (χ4v) is 3.25. The summed E-state index contributed by atoms with van der Waals surface area (Å²) in [6.07, 6.45) is 10.5. The van der Waals surface area contributed by atoms with E-state index in [0.717, 1.165) is 23.4 Å². The molecule has 0 bridgehead atoms. The maximum Gasteiger partial charge on any atom is 2.00 e. The Bertz CT molecular complexity index is 881. The Morgan fingerprint density at radius 3 is 2.40 bits per heavy atom. The van der Waals surface area contributed by atoms with Gasteiger partial charge >= 0.3 is 23.0 Å². The summed E-state index contributed by atoms with van der Waals surface area (Å²) in [5.74, 6) is -0.334. The second-order valence-electron chi connectivity index (χ2n) is 6.70. The number of esters is 1.